The lowest BCUT2D eigenvalue weighted by atomic mass is 10.2. The lowest BCUT2D eigenvalue weighted by Gasteiger charge is -2.26. The smallest absolute Gasteiger partial charge is 0.407 e. The molecular formula is C42H44IN7O10S2. The van der Waals surface area contributed by atoms with E-state index in [0.717, 1.165) is 11.1 Å². The van der Waals surface area contributed by atoms with E-state index < -0.39 is 49.5 Å². The van der Waals surface area contributed by atoms with Crippen molar-refractivity contribution in [2.75, 3.05) is 39.3 Å². The van der Waals surface area contributed by atoms with Crippen LogP contribution in [0.3, 0.4) is 0 Å². The molecule has 326 valence electrons. The number of hydrogen-bond donors (Lipinski definition) is 3. The number of nitrogens with one attached hydrogen (secondary N) is 2. The van der Waals surface area contributed by atoms with Gasteiger partial charge in [-0.2, -0.15) is 9.10 Å². The number of tetrazole rings is 1. The topological polar surface area (TPSA) is 213 Å². The number of nitrogens with zero attached hydrogens (tertiary/aromatic N) is 5. The first kappa shape index (κ1) is 45.7. The number of aliphatic hydroxyl groups is 1. The van der Waals surface area contributed by atoms with Gasteiger partial charge in [-0.15, -0.1) is 10.2 Å². The van der Waals surface area contributed by atoms with Crippen molar-refractivity contribution >= 4 is 54.4 Å². The number of methoxy groups -OCH3 is 3. The summed E-state index contributed by atoms with van der Waals surface area (Å²) in [5.41, 5.74) is 2.39. The number of rotatable bonds is 20. The fourth-order valence-electron chi connectivity index (χ4n) is 6.11. The van der Waals surface area contributed by atoms with Crippen LogP contribution in [0.1, 0.15) is 22.3 Å². The second-order valence-corrected chi connectivity index (χ2v) is 18.6. The Bertz CT molecular complexity index is 2600. The highest BCUT2D eigenvalue weighted by Crippen LogP contribution is 2.39. The van der Waals surface area contributed by atoms with Gasteiger partial charge >= 0.3 is 6.09 Å². The summed E-state index contributed by atoms with van der Waals surface area (Å²) in [6.07, 6.45) is -0.918. The summed E-state index contributed by atoms with van der Waals surface area (Å²) in [6, 6.07) is 32.7. The molecule has 17 nitrogen and oxygen atoms in total. The zero-order valence-corrected chi connectivity index (χ0v) is 37.6. The molecule has 1 heterocycles. The molecule has 0 spiro atoms. The number of hydrogen-bond acceptors (Lipinski definition) is 13. The fraction of sp³-hybridized carbons (Fsp3) is 0.238. The first-order valence-electron chi connectivity index (χ1n) is 18.9. The molecule has 6 rings (SSSR count). The standard InChI is InChI=1S/C42H44IN7O10S2/c1-57-33-15-9-30(10-16-33)24-49(25-31-11-17-34(58-2)18-12-31)62(55,56)40-38(47-61(53,54)36(27-51)28-60-42(52)44-23-29-7-5-4-6-8-29)22-21-37(43)39(40)41-45-48-50(46-41)26-32-13-19-35(59-3)20-14-32/h4-22,36,47,51H,23-28H2,1-3H3,(H,44,52)/t36-/m0/s1. The van der Waals surface area contributed by atoms with Crippen molar-refractivity contribution in [1.29, 1.82) is 0 Å². The van der Waals surface area contributed by atoms with Crippen molar-refractivity contribution in [2.24, 2.45) is 0 Å². The number of aliphatic hydroxyl groups excluding tert-OH is 1. The van der Waals surface area contributed by atoms with E-state index >= 15 is 8.42 Å². The molecule has 6 aromatic rings. The van der Waals surface area contributed by atoms with Crippen molar-refractivity contribution in [3.05, 3.63) is 141 Å². The summed E-state index contributed by atoms with van der Waals surface area (Å²) in [6.45, 7) is -1.75. The van der Waals surface area contributed by atoms with E-state index in [4.69, 9.17) is 18.9 Å². The second-order valence-electron chi connectivity index (χ2n) is 13.6. The van der Waals surface area contributed by atoms with Crippen LogP contribution in [0, 0.1) is 3.57 Å². The maximum absolute atomic E-state index is 15.5. The number of benzene rings is 5. The number of halogens is 1. The van der Waals surface area contributed by atoms with Crippen molar-refractivity contribution in [3.63, 3.8) is 0 Å². The van der Waals surface area contributed by atoms with Gasteiger partial charge in [0.05, 0.1) is 45.7 Å². The van der Waals surface area contributed by atoms with E-state index in [-0.39, 0.29) is 43.3 Å². The van der Waals surface area contributed by atoms with Crippen LogP contribution < -0.4 is 24.2 Å². The summed E-state index contributed by atoms with van der Waals surface area (Å²) >= 11 is 1.94. The Morgan fingerprint density at radius 1 is 0.758 bits per heavy atom. The molecule has 0 aliphatic rings. The number of alkyl carbamates (subject to hydrolysis) is 1. The van der Waals surface area contributed by atoms with Crippen LogP contribution in [0.15, 0.2) is 120 Å². The van der Waals surface area contributed by atoms with Gasteiger partial charge in [-0.1, -0.05) is 66.7 Å². The Hall–Kier alpha value is -5.81. The van der Waals surface area contributed by atoms with Crippen LogP contribution in [-0.2, 0) is 51.0 Å². The molecule has 0 fully saturated rings. The predicted octanol–water partition coefficient (Wildman–Crippen LogP) is 5.44. The number of amides is 1. The van der Waals surface area contributed by atoms with Gasteiger partial charge in [-0.05, 0) is 98.6 Å². The number of carbonyl (C=O) groups is 1. The number of carbonyl (C=O) groups excluding carboxylic acids is 1. The van der Waals surface area contributed by atoms with E-state index in [1.165, 1.54) is 35.5 Å². The van der Waals surface area contributed by atoms with Gasteiger partial charge < -0.3 is 29.4 Å². The lowest BCUT2D eigenvalue weighted by Crippen LogP contribution is -2.38. The van der Waals surface area contributed by atoms with Crippen LogP contribution in [0.4, 0.5) is 10.5 Å². The molecule has 1 atom stereocenters. The molecule has 0 unspecified atom stereocenters. The quantitative estimate of drug-likeness (QED) is 0.0815. The highest BCUT2D eigenvalue weighted by molar-refractivity contribution is 14.1. The van der Waals surface area contributed by atoms with E-state index in [0.29, 0.717) is 31.9 Å². The number of aromatic nitrogens is 4. The fourth-order valence-corrected chi connectivity index (χ4v) is 9.89. The Labute approximate surface area is 373 Å². The van der Waals surface area contributed by atoms with Crippen molar-refractivity contribution in [2.45, 2.75) is 36.3 Å². The van der Waals surface area contributed by atoms with Gasteiger partial charge in [0.2, 0.25) is 25.9 Å². The molecule has 1 amide bonds. The maximum atomic E-state index is 15.5. The van der Waals surface area contributed by atoms with Gasteiger partial charge in [0, 0.05) is 23.2 Å². The molecule has 62 heavy (non-hydrogen) atoms. The zero-order chi connectivity index (χ0) is 44.3. The van der Waals surface area contributed by atoms with Crippen LogP contribution in [-0.4, -0.2) is 92.3 Å². The molecule has 0 saturated carbocycles. The third kappa shape index (κ3) is 11.6. The summed E-state index contributed by atoms with van der Waals surface area (Å²) in [5.74, 6) is 1.68. The van der Waals surface area contributed by atoms with E-state index in [9.17, 15) is 18.3 Å². The predicted molar refractivity (Wildman–Crippen MR) is 239 cm³/mol. The zero-order valence-electron chi connectivity index (χ0n) is 33.8. The maximum Gasteiger partial charge on any atom is 0.407 e. The molecule has 20 heteroatoms. The molecule has 1 aromatic heterocycles. The summed E-state index contributed by atoms with van der Waals surface area (Å²) in [4.78, 5) is 13.4. The molecular weight excluding hydrogens is 954 g/mol. The summed E-state index contributed by atoms with van der Waals surface area (Å²) in [5, 5.41) is 24.2. The normalized spacial score (nSPS) is 12.1. The molecule has 0 aliphatic carbocycles. The van der Waals surface area contributed by atoms with Crippen molar-refractivity contribution in [1.82, 2.24) is 29.8 Å². The summed E-state index contributed by atoms with van der Waals surface area (Å²) < 4.78 is 84.2. The monoisotopic (exact) mass is 997 g/mol. The molecule has 3 N–H and O–H groups in total. The van der Waals surface area contributed by atoms with Gasteiger partial charge in [0.1, 0.15) is 34.0 Å². The minimum atomic E-state index is -4.73. The number of sulfonamides is 2. The molecule has 0 saturated heterocycles. The highest BCUT2D eigenvalue weighted by Gasteiger charge is 2.36. The van der Waals surface area contributed by atoms with Crippen molar-refractivity contribution < 1.29 is 45.7 Å². The summed E-state index contributed by atoms with van der Waals surface area (Å²) in [7, 11) is -4.81. The number of anilines is 1. The van der Waals surface area contributed by atoms with Gasteiger partial charge in [-0.25, -0.2) is 21.6 Å². The highest BCUT2D eigenvalue weighted by atomic mass is 127. The van der Waals surface area contributed by atoms with E-state index in [2.05, 4.69) is 25.4 Å². The van der Waals surface area contributed by atoms with Crippen LogP contribution in [0.5, 0.6) is 17.2 Å². The minimum absolute atomic E-state index is 0.0293. The van der Waals surface area contributed by atoms with Gasteiger partial charge in [0.15, 0.2) is 0 Å². The Kier molecular flexibility index (Phi) is 15.4. The third-order valence-electron chi connectivity index (χ3n) is 9.47. The average molecular weight is 998 g/mol. The van der Waals surface area contributed by atoms with E-state index in [1.807, 2.05) is 40.8 Å². The molecule has 5 aromatic carbocycles. The van der Waals surface area contributed by atoms with Gasteiger partial charge in [-0.3, -0.25) is 4.72 Å². The Morgan fingerprint density at radius 2 is 1.31 bits per heavy atom. The Balaban J connectivity index is 1.41. The van der Waals surface area contributed by atoms with Crippen LogP contribution >= 0.6 is 22.6 Å². The van der Waals surface area contributed by atoms with E-state index in [1.54, 1.807) is 92.0 Å². The first-order chi connectivity index (χ1) is 29.8. The molecule has 0 aliphatic heterocycles. The molecule has 0 bridgehead atoms. The average Bonchev–Trinajstić information content (AvgIpc) is 3.74. The molecule has 0 radical (unpaired) electrons. The van der Waals surface area contributed by atoms with Gasteiger partial charge in [0.25, 0.3) is 0 Å². The largest absolute Gasteiger partial charge is 0.497 e. The van der Waals surface area contributed by atoms with Crippen LogP contribution in [0.2, 0.25) is 0 Å². The first-order valence-corrected chi connectivity index (χ1v) is 23.0. The number of ether oxygens (including phenoxy) is 4. The Morgan fingerprint density at radius 3 is 1.84 bits per heavy atom. The SMILES string of the molecule is COc1ccc(CN(Cc2ccc(OC)cc2)S(=O)(=O)c2c(NS(=O)(=O)[C@@H](CO)COC(=O)NCc3ccccc3)ccc(I)c2-c2nnn(Cc3ccc(OC)cc3)n2)cc1. The van der Waals surface area contributed by atoms with Crippen molar-refractivity contribution in [3.8, 4) is 28.6 Å². The lowest BCUT2D eigenvalue weighted by molar-refractivity contribution is 0.136. The third-order valence-corrected chi connectivity index (χ3v) is 13.9. The van der Waals surface area contributed by atoms with Crippen LogP contribution in [0.25, 0.3) is 11.4 Å². The minimum Gasteiger partial charge on any atom is -0.497 e. The second kappa shape index (κ2) is 20.8.